The van der Waals surface area contributed by atoms with Gasteiger partial charge < -0.3 is 9.73 Å². The molecule has 102 valence electrons. The van der Waals surface area contributed by atoms with Crippen molar-refractivity contribution in [1.29, 1.82) is 0 Å². The van der Waals surface area contributed by atoms with Gasteiger partial charge in [0.15, 0.2) is 0 Å². The van der Waals surface area contributed by atoms with Crippen molar-refractivity contribution in [3.63, 3.8) is 0 Å². The van der Waals surface area contributed by atoms with Gasteiger partial charge in [0.2, 0.25) is 0 Å². The minimum Gasteiger partial charge on any atom is -0.469 e. The molecule has 1 unspecified atom stereocenters. The first-order chi connectivity index (χ1) is 9.15. The second kappa shape index (κ2) is 6.58. The first-order valence-corrected chi connectivity index (χ1v) is 7.00. The van der Waals surface area contributed by atoms with Crippen LogP contribution >= 0.6 is 0 Å². The lowest BCUT2D eigenvalue weighted by Crippen LogP contribution is -2.29. The SMILES string of the molecule is Cc1cccc([C@@H](C)NC(C)CCc2ccco2)c1. The molecule has 1 aromatic carbocycles. The van der Waals surface area contributed by atoms with Gasteiger partial charge in [0.25, 0.3) is 0 Å². The summed E-state index contributed by atoms with van der Waals surface area (Å²) in [4.78, 5) is 0. The van der Waals surface area contributed by atoms with Crippen molar-refractivity contribution in [2.24, 2.45) is 0 Å². The van der Waals surface area contributed by atoms with E-state index in [1.54, 1.807) is 6.26 Å². The van der Waals surface area contributed by atoms with Crippen molar-refractivity contribution in [2.45, 2.75) is 45.7 Å². The Labute approximate surface area is 115 Å². The summed E-state index contributed by atoms with van der Waals surface area (Å²) in [5, 5.41) is 3.64. The lowest BCUT2D eigenvalue weighted by Gasteiger charge is -2.20. The standard InChI is InChI=1S/C17H23NO/c1-13-6-4-7-16(12-13)15(3)18-14(2)9-10-17-8-5-11-19-17/h4-8,11-12,14-15,18H,9-10H2,1-3H3/t14?,15-/m1/s1. The summed E-state index contributed by atoms with van der Waals surface area (Å²) in [5.74, 6) is 1.07. The van der Waals surface area contributed by atoms with E-state index in [0.717, 1.165) is 18.6 Å². The highest BCUT2D eigenvalue weighted by Crippen LogP contribution is 2.15. The van der Waals surface area contributed by atoms with Crippen LogP contribution in [0.15, 0.2) is 47.1 Å². The zero-order valence-electron chi connectivity index (χ0n) is 12.0. The van der Waals surface area contributed by atoms with Gasteiger partial charge in [-0.1, -0.05) is 29.8 Å². The third-order valence-electron chi connectivity index (χ3n) is 3.48. The zero-order valence-corrected chi connectivity index (χ0v) is 12.0. The topological polar surface area (TPSA) is 25.2 Å². The van der Waals surface area contributed by atoms with Gasteiger partial charge in [-0.15, -0.1) is 0 Å². The van der Waals surface area contributed by atoms with Crippen LogP contribution in [0.5, 0.6) is 0 Å². The molecule has 0 bridgehead atoms. The van der Waals surface area contributed by atoms with Crippen molar-refractivity contribution >= 4 is 0 Å². The fourth-order valence-electron chi connectivity index (χ4n) is 2.36. The molecule has 1 aromatic heterocycles. The number of rotatable bonds is 6. The normalized spacial score (nSPS) is 14.3. The van der Waals surface area contributed by atoms with Crippen molar-refractivity contribution in [3.8, 4) is 0 Å². The van der Waals surface area contributed by atoms with E-state index >= 15 is 0 Å². The predicted molar refractivity (Wildman–Crippen MR) is 79.2 cm³/mol. The van der Waals surface area contributed by atoms with E-state index in [9.17, 15) is 0 Å². The van der Waals surface area contributed by atoms with E-state index in [1.807, 2.05) is 12.1 Å². The van der Waals surface area contributed by atoms with Gasteiger partial charge >= 0.3 is 0 Å². The van der Waals surface area contributed by atoms with Crippen LogP contribution in [0.3, 0.4) is 0 Å². The van der Waals surface area contributed by atoms with Crippen molar-refractivity contribution < 1.29 is 4.42 Å². The second-order valence-electron chi connectivity index (χ2n) is 5.32. The maximum absolute atomic E-state index is 5.36. The molecule has 0 amide bonds. The first kappa shape index (κ1) is 13.9. The zero-order chi connectivity index (χ0) is 13.7. The third-order valence-corrected chi connectivity index (χ3v) is 3.48. The Balaban J connectivity index is 1.83. The quantitative estimate of drug-likeness (QED) is 0.836. The lowest BCUT2D eigenvalue weighted by atomic mass is 10.0. The van der Waals surface area contributed by atoms with Crippen LogP contribution < -0.4 is 5.32 Å². The Hall–Kier alpha value is -1.54. The van der Waals surface area contributed by atoms with Crippen LogP contribution in [0.4, 0.5) is 0 Å². The van der Waals surface area contributed by atoms with Crippen molar-refractivity contribution in [1.82, 2.24) is 5.32 Å². The smallest absolute Gasteiger partial charge is 0.103 e. The van der Waals surface area contributed by atoms with Gasteiger partial charge in [-0.3, -0.25) is 0 Å². The summed E-state index contributed by atoms with van der Waals surface area (Å²) in [7, 11) is 0. The minimum atomic E-state index is 0.381. The number of aryl methyl sites for hydroxylation is 2. The van der Waals surface area contributed by atoms with E-state index in [0.29, 0.717) is 12.1 Å². The monoisotopic (exact) mass is 257 g/mol. The molecule has 0 radical (unpaired) electrons. The maximum atomic E-state index is 5.36. The average Bonchev–Trinajstić information content (AvgIpc) is 2.89. The van der Waals surface area contributed by atoms with Crippen LogP contribution in [0.1, 0.15) is 43.2 Å². The minimum absolute atomic E-state index is 0.381. The van der Waals surface area contributed by atoms with Crippen LogP contribution in [-0.2, 0) is 6.42 Å². The Morgan fingerprint density at radius 3 is 2.68 bits per heavy atom. The molecule has 0 aliphatic rings. The lowest BCUT2D eigenvalue weighted by molar-refractivity contribution is 0.430. The molecule has 0 fully saturated rings. The van der Waals surface area contributed by atoms with Crippen LogP contribution in [0.25, 0.3) is 0 Å². The summed E-state index contributed by atoms with van der Waals surface area (Å²) >= 11 is 0. The predicted octanol–water partition coefficient (Wildman–Crippen LogP) is 4.26. The fourth-order valence-corrected chi connectivity index (χ4v) is 2.36. The number of furan rings is 1. The van der Waals surface area contributed by atoms with E-state index in [-0.39, 0.29) is 0 Å². The maximum Gasteiger partial charge on any atom is 0.103 e. The molecule has 1 heterocycles. The Kier molecular flexibility index (Phi) is 4.80. The number of hydrogen-bond donors (Lipinski definition) is 1. The van der Waals surface area contributed by atoms with E-state index in [2.05, 4.69) is 50.4 Å². The van der Waals surface area contributed by atoms with Crippen LogP contribution in [-0.4, -0.2) is 6.04 Å². The molecule has 2 heteroatoms. The number of hydrogen-bond acceptors (Lipinski definition) is 2. The van der Waals surface area contributed by atoms with Gasteiger partial charge in [-0.05, 0) is 44.9 Å². The van der Waals surface area contributed by atoms with Crippen molar-refractivity contribution in [3.05, 3.63) is 59.5 Å². The Morgan fingerprint density at radius 1 is 1.16 bits per heavy atom. The molecule has 2 rings (SSSR count). The molecule has 0 aliphatic heterocycles. The average molecular weight is 257 g/mol. The summed E-state index contributed by atoms with van der Waals surface area (Å²) in [6.07, 6.45) is 3.81. The van der Waals surface area contributed by atoms with Crippen molar-refractivity contribution in [2.75, 3.05) is 0 Å². The summed E-state index contributed by atoms with van der Waals surface area (Å²) in [5.41, 5.74) is 2.67. The van der Waals surface area contributed by atoms with E-state index < -0.39 is 0 Å². The summed E-state index contributed by atoms with van der Waals surface area (Å²) in [6, 6.07) is 13.5. The molecule has 0 spiro atoms. The van der Waals surface area contributed by atoms with Gasteiger partial charge in [-0.2, -0.15) is 0 Å². The number of benzene rings is 1. The third kappa shape index (κ3) is 4.25. The Morgan fingerprint density at radius 2 is 2.00 bits per heavy atom. The highest BCUT2D eigenvalue weighted by molar-refractivity contribution is 5.24. The number of nitrogens with one attached hydrogen (secondary N) is 1. The molecular formula is C17H23NO. The molecule has 2 nitrogen and oxygen atoms in total. The molecule has 0 aliphatic carbocycles. The van der Waals surface area contributed by atoms with Crippen LogP contribution in [0.2, 0.25) is 0 Å². The first-order valence-electron chi connectivity index (χ1n) is 7.00. The van der Waals surface area contributed by atoms with Crippen LogP contribution in [0, 0.1) is 6.92 Å². The highest BCUT2D eigenvalue weighted by atomic mass is 16.3. The van der Waals surface area contributed by atoms with Gasteiger partial charge in [-0.25, -0.2) is 0 Å². The second-order valence-corrected chi connectivity index (χ2v) is 5.32. The molecule has 1 N–H and O–H groups in total. The van der Waals surface area contributed by atoms with E-state index in [1.165, 1.54) is 11.1 Å². The van der Waals surface area contributed by atoms with E-state index in [4.69, 9.17) is 4.42 Å². The van der Waals surface area contributed by atoms with Gasteiger partial charge in [0, 0.05) is 18.5 Å². The summed E-state index contributed by atoms with van der Waals surface area (Å²) in [6.45, 7) is 6.59. The molecule has 0 saturated heterocycles. The van der Waals surface area contributed by atoms with Gasteiger partial charge in [0.1, 0.15) is 5.76 Å². The molecular weight excluding hydrogens is 234 g/mol. The largest absolute Gasteiger partial charge is 0.469 e. The molecule has 19 heavy (non-hydrogen) atoms. The fraction of sp³-hybridized carbons (Fsp3) is 0.412. The summed E-state index contributed by atoms with van der Waals surface area (Å²) < 4.78 is 5.36. The Bertz CT molecular complexity index is 490. The molecule has 2 atom stereocenters. The molecule has 0 saturated carbocycles. The molecule has 2 aromatic rings. The highest BCUT2D eigenvalue weighted by Gasteiger charge is 2.10. The van der Waals surface area contributed by atoms with Gasteiger partial charge in [0.05, 0.1) is 6.26 Å².